The number of allylic oxidation sites excluding steroid dienone is 1. The lowest BCUT2D eigenvalue weighted by atomic mass is 9.78. The fourth-order valence-corrected chi connectivity index (χ4v) is 2.00. The number of hydrogen-bond donors (Lipinski definition) is 2. The van der Waals surface area contributed by atoms with Gasteiger partial charge in [0.1, 0.15) is 0 Å². The van der Waals surface area contributed by atoms with Gasteiger partial charge in [-0.1, -0.05) is 18.6 Å². The molecule has 0 aliphatic heterocycles. The number of hydrogen-bond acceptors (Lipinski definition) is 3. The third kappa shape index (κ3) is 1.93. The monoisotopic (exact) mass is 223 g/mol. The molecule has 0 heterocycles. The van der Waals surface area contributed by atoms with Crippen LogP contribution < -0.4 is 0 Å². The Hall–Kier alpha value is -1.21. The summed E-state index contributed by atoms with van der Waals surface area (Å²) >= 11 is 4.42. The Balaban J connectivity index is 3.39. The van der Waals surface area contributed by atoms with E-state index in [1.165, 1.54) is 0 Å². The maximum atomic E-state index is 11.0. The van der Waals surface area contributed by atoms with Crippen molar-refractivity contribution in [3.05, 3.63) is 22.8 Å². The second-order valence-electron chi connectivity index (χ2n) is 3.98. The lowest BCUT2D eigenvalue weighted by Gasteiger charge is -2.33. The summed E-state index contributed by atoms with van der Waals surface area (Å²) in [5.41, 5.74) is 1.11. The lowest BCUT2D eigenvalue weighted by molar-refractivity contribution is -0.132. The number of thiol groups is 1. The van der Waals surface area contributed by atoms with E-state index < -0.39 is 10.7 Å². The Bertz CT molecular complexity index is 413. The van der Waals surface area contributed by atoms with Crippen molar-refractivity contribution in [1.82, 2.24) is 0 Å². The van der Waals surface area contributed by atoms with E-state index in [2.05, 4.69) is 12.6 Å². The molecular formula is C11H13NO2S. The Morgan fingerprint density at radius 2 is 2.27 bits per heavy atom. The van der Waals surface area contributed by atoms with Gasteiger partial charge in [-0.3, -0.25) is 0 Å². The lowest BCUT2D eigenvalue weighted by Crippen LogP contribution is -2.31. The molecule has 0 aromatic rings. The minimum Gasteiger partial charge on any atom is -0.478 e. The Morgan fingerprint density at radius 1 is 1.73 bits per heavy atom. The smallest absolute Gasteiger partial charge is 0.336 e. The Kier molecular flexibility index (Phi) is 2.96. The number of carboxylic acids is 1. The summed E-state index contributed by atoms with van der Waals surface area (Å²) < 4.78 is -0.516. The van der Waals surface area contributed by atoms with Crippen LogP contribution in [0.25, 0.3) is 0 Å². The molecule has 2 unspecified atom stereocenters. The van der Waals surface area contributed by atoms with Crippen LogP contribution >= 0.6 is 12.6 Å². The Morgan fingerprint density at radius 3 is 2.67 bits per heavy atom. The van der Waals surface area contributed by atoms with E-state index in [-0.39, 0.29) is 17.1 Å². The molecule has 80 valence electrons. The van der Waals surface area contributed by atoms with Gasteiger partial charge in [-0.15, -0.1) is 0 Å². The van der Waals surface area contributed by atoms with Crippen LogP contribution in [0, 0.1) is 17.2 Å². The van der Waals surface area contributed by atoms with Crippen LogP contribution in [0.4, 0.5) is 0 Å². The van der Waals surface area contributed by atoms with Gasteiger partial charge in [-0.2, -0.15) is 17.9 Å². The van der Waals surface area contributed by atoms with E-state index in [1.54, 1.807) is 13.0 Å². The maximum Gasteiger partial charge on any atom is 0.336 e. The van der Waals surface area contributed by atoms with Crippen LogP contribution in [0.2, 0.25) is 0 Å². The van der Waals surface area contributed by atoms with Gasteiger partial charge in [0.15, 0.2) is 0 Å². The first-order chi connectivity index (χ1) is 6.81. The fourth-order valence-electron chi connectivity index (χ4n) is 1.67. The van der Waals surface area contributed by atoms with Crippen molar-refractivity contribution in [2.45, 2.75) is 25.5 Å². The zero-order chi connectivity index (χ0) is 11.8. The number of nitriles is 1. The van der Waals surface area contributed by atoms with Crippen molar-refractivity contribution < 1.29 is 9.90 Å². The molecule has 0 saturated carbocycles. The number of rotatable bonds is 1. The molecule has 0 radical (unpaired) electrons. The van der Waals surface area contributed by atoms with Crippen LogP contribution in [0.15, 0.2) is 22.8 Å². The second-order valence-corrected chi connectivity index (χ2v) is 4.94. The third-order valence-corrected chi connectivity index (χ3v) is 3.49. The number of nitrogens with zero attached hydrogens (tertiary/aromatic N) is 1. The summed E-state index contributed by atoms with van der Waals surface area (Å²) in [5.74, 6) is -1.02. The van der Waals surface area contributed by atoms with Crippen molar-refractivity contribution in [3.63, 3.8) is 0 Å². The first-order valence-electron chi connectivity index (χ1n) is 4.61. The van der Waals surface area contributed by atoms with E-state index in [0.717, 1.165) is 5.57 Å². The first kappa shape index (κ1) is 11.9. The molecule has 1 N–H and O–H groups in total. The van der Waals surface area contributed by atoms with E-state index in [9.17, 15) is 4.79 Å². The van der Waals surface area contributed by atoms with Crippen molar-refractivity contribution in [2.75, 3.05) is 0 Å². The van der Waals surface area contributed by atoms with Crippen LogP contribution in [-0.2, 0) is 4.79 Å². The molecule has 1 aliphatic carbocycles. The quantitative estimate of drug-likeness (QED) is 0.670. The minimum absolute atomic E-state index is 0.0542. The van der Waals surface area contributed by atoms with Crippen molar-refractivity contribution in [2.24, 2.45) is 5.92 Å². The van der Waals surface area contributed by atoms with Gasteiger partial charge >= 0.3 is 5.97 Å². The molecule has 15 heavy (non-hydrogen) atoms. The van der Waals surface area contributed by atoms with Crippen molar-refractivity contribution in [1.29, 1.82) is 5.26 Å². The SMILES string of the molecule is CC1=C(C#N)C(C(=O)O)=CC(C)(S)C1C. The summed E-state index contributed by atoms with van der Waals surface area (Å²) in [6.45, 7) is 5.57. The molecule has 0 amide bonds. The maximum absolute atomic E-state index is 11.0. The average molecular weight is 223 g/mol. The third-order valence-electron chi connectivity index (χ3n) is 2.97. The highest BCUT2D eigenvalue weighted by Crippen LogP contribution is 2.39. The van der Waals surface area contributed by atoms with E-state index in [4.69, 9.17) is 10.4 Å². The van der Waals surface area contributed by atoms with Gasteiger partial charge in [0, 0.05) is 4.75 Å². The van der Waals surface area contributed by atoms with Gasteiger partial charge in [0.25, 0.3) is 0 Å². The summed E-state index contributed by atoms with van der Waals surface area (Å²) in [5, 5.41) is 17.9. The summed E-state index contributed by atoms with van der Waals surface area (Å²) in [6.07, 6.45) is 1.55. The van der Waals surface area contributed by atoms with E-state index >= 15 is 0 Å². The molecule has 1 rings (SSSR count). The molecule has 1 aliphatic rings. The number of carbonyl (C=O) groups is 1. The zero-order valence-corrected chi connectivity index (χ0v) is 9.80. The molecule has 0 saturated heterocycles. The summed E-state index contributed by atoms with van der Waals surface area (Å²) in [7, 11) is 0. The molecule has 0 aromatic heterocycles. The summed E-state index contributed by atoms with van der Waals surface area (Å²) in [6, 6.07) is 1.95. The number of aliphatic carboxylic acids is 1. The van der Waals surface area contributed by atoms with Gasteiger partial charge in [0.2, 0.25) is 0 Å². The molecular weight excluding hydrogens is 210 g/mol. The van der Waals surface area contributed by atoms with Crippen LogP contribution in [0.3, 0.4) is 0 Å². The highest BCUT2D eigenvalue weighted by Gasteiger charge is 2.35. The molecule has 0 spiro atoms. The molecule has 0 fully saturated rings. The largest absolute Gasteiger partial charge is 0.478 e. The van der Waals surface area contributed by atoms with Crippen molar-refractivity contribution >= 4 is 18.6 Å². The molecule has 3 nitrogen and oxygen atoms in total. The van der Waals surface area contributed by atoms with Gasteiger partial charge in [0.05, 0.1) is 17.2 Å². The van der Waals surface area contributed by atoms with E-state index in [0.29, 0.717) is 0 Å². The van der Waals surface area contributed by atoms with Crippen LogP contribution in [0.1, 0.15) is 20.8 Å². The van der Waals surface area contributed by atoms with Gasteiger partial charge in [-0.25, -0.2) is 4.79 Å². The molecule has 4 heteroatoms. The standard InChI is InChI=1S/C11H13NO2S/c1-6-7(2)11(3,15)4-8(10(13)14)9(6)5-12/h4,7,15H,1-3H3,(H,13,14). The molecule has 0 aromatic carbocycles. The fraction of sp³-hybridized carbons (Fsp3) is 0.455. The normalized spacial score (nSPS) is 30.9. The topological polar surface area (TPSA) is 61.1 Å². The summed E-state index contributed by atoms with van der Waals surface area (Å²) in [4.78, 5) is 11.0. The van der Waals surface area contributed by atoms with Crippen LogP contribution in [0.5, 0.6) is 0 Å². The van der Waals surface area contributed by atoms with Gasteiger partial charge in [-0.05, 0) is 19.8 Å². The van der Waals surface area contributed by atoms with Gasteiger partial charge < -0.3 is 5.11 Å². The van der Waals surface area contributed by atoms with Crippen molar-refractivity contribution in [3.8, 4) is 6.07 Å². The first-order valence-corrected chi connectivity index (χ1v) is 5.05. The van der Waals surface area contributed by atoms with E-state index in [1.807, 2.05) is 19.9 Å². The number of carboxylic acid groups (broad SMARTS) is 1. The molecule has 0 bridgehead atoms. The predicted octanol–water partition coefficient (Wildman–Crippen LogP) is 2.18. The average Bonchev–Trinajstić information content (AvgIpc) is 2.13. The second kappa shape index (κ2) is 3.74. The minimum atomic E-state index is -1.07. The Labute approximate surface area is 94.5 Å². The zero-order valence-electron chi connectivity index (χ0n) is 8.90. The highest BCUT2D eigenvalue weighted by atomic mass is 32.1. The molecule has 2 atom stereocenters. The van der Waals surface area contributed by atoms with Crippen LogP contribution in [-0.4, -0.2) is 15.8 Å². The predicted molar refractivity (Wildman–Crippen MR) is 60.6 cm³/mol. The highest BCUT2D eigenvalue weighted by molar-refractivity contribution is 7.82.